The van der Waals surface area contributed by atoms with Gasteiger partial charge in [-0.15, -0.1) is 0 Å². The number of aromatic nitrogens is 4. The average Bonchev–Trinajstić information content (AvgIpc) is 3.17. The third kappa shape index (κ3) is 2.75. The van der Waals surface area contributed by atoms with Crippen molar-refractivity contribution in [1.29, 1.82) is 0 Å². The molecule has 1 N–H and O–H groups in total. The van der Waals surface area contributed by atoms with E-state index >= 15 is 0 Å². The van der Waals surface area contributed by atoms with Crippen molar-refractivity contribution in [2.24, 2.45) is 0 Å². The van der Waals surface area contributed by atoms with Gasteiger partial charge in [0.15, 0.2) is 5.82 Å². The summed E-state index contributed by atoms with van der Waals surface area (Å²) in [5, 5.41) is 3.13. The molecule has 3 aromatic heterocycles. The molecule has 0 fully saturated rings. The van der Waals surface area contributed by atoms with Gasteiger partial charge in [-0.05, 0) is 12.1 Å². The maximum absolute atomic E-state index is 12.4. The first kappa shape index (κ1) is 14.1. The van der Waals surface area contributed by atoms with Crippen LogP contribution in [0.2, 0.25) is 0 Å². The number of fused-ring (bicyclic) bond motifs is 1. The Balaban J connectivity index is 1.58. The summed E-state index contributed by atoms with van der Waals surface area (Å²) in [5.41, 5.74) is 2.79. The Kier molecular flexibility index (Phi) is 3.63. The zero-order chi connectivity index (χ0) is 15.6. The Labute approximate surface area is 136 Å². The van der Waals surface area contributed by atoms with E-state index < -0.39 is 0 Å². The van der Waals surface area contributed by atoms with Crippen LogP contribution >= 0.6 is 11.8 Å². The van der Waals surface area contributed by atoms with Gasteiger partial charge in [0.1, 0.15) is 12.4 Å². The van der Waals surface area contributed by atoms with Crippen LogP contribution in [0.15, 0.2) is 47.7 Å². The van der Waals surface area contributed by atoms with E-state index in [1.807, 2.05) is 12.1 Å². The van der Waals surface area contributed by atoms with Crippen LogP contribution in [-0.2, 0) is 18.1 Å². The first-order valence-electron chi connectivity index (χ1n) is 7.20. The van der Waals surface area contributed by atoms with Gasteiger partial charge in [0.25, 0.3) is 5.56 Å². The topological polar surface area (TPSA) is 72.8 Å². The lowest BCUT2D eigenvalue weighted by Gasteiger charge is -2.07. The van der Waals surface area contributed by atoms with E-state index in [1.54, 1.807) is 42.5 Å². The van der Waals surface area contributed by atoms with Gasteiger partial charge in [-0.1, -0.05) is 6.07 Å². The molecule has 0 bridgehead atoms. The normalized spacial score (nSPS) is 13.0. The Morgan fingerprint density at radius 3 is 3.09 bits per heavy atom. The molecule has 0 saturated heterocycles. The summed E-state index contributed by atoms with van der Waals surface area (Å²) < 4.78 is 7.25. The molecular weight excluding hydrogens is 312 g/mol. The van der Waals surface area contributed by atoms with E-state index in [4.69, 9.17) is 4.74 Å². The fourth-order valence-electron chi connectivity index (χ4n) is 2.46. The van der Waals surface area contributed by atoms with Gasteiger partial charge in [-0.2, -0.15) is 11.8 Å². The Bertz CT molecular complexity index is 889. The number of nitrogens with one attached hydrogen (secondary N) is 1. The molecule has 0 saturated carbocycles. The van der Waals surface area contributed by atoms with Crippen molar-refractivity contribution < 1.29 is 4.74 Å². The second kappa shape index (κ2) is 5.92. The fraction of sp³-hybridized carbons (Fsp3) is 0.188. The molecule has 4 heterocycles. The Morgan fingerprint density at radius 2 is 2.26 bits per heavy atom. The number of hydrogen-bond donors (Lipinski definition) is 1. The Hall–Kier alpha value is -2.54. The van der Waals surface area contributed by atoms with Crippen molar-refractivity contribution in [1.82, 2.24) is 19.7 Å². The van der Waals surface area contributed by atoms with Crippen LogP contribution in [0.5, 0.6) is 5.75 Å². The Morgan fingerprint density at radius 1 is 1.30 bits per heavy atom. The second-order valence-electron chi connectivity index (χ2n) is 5.20. The molecule has 0 aromatic carbocycles. The average molecular weight is 326 g/mol. The lowest BCUT2D eigenvalue weighted by atomic mass is 10.3. The summed E-state index contributed by atoms with van der Waals surface area (Å²) >= 11 is 1.74. The van der Waals surface area contributed by atoms with Crippen molar-refractivity contribution in [2.45, 2.75) is 18.1 Å². The van der Waals surface area contributed by atoms with Crippen LogP contribution in [-0.4, -0.2) is 19.7 Å². The first-order chi connectivity index (χ1) is 11.3. The number of rotatable bonds is 4. The van der Waals surface area contributed by atoms with Crippen molar-refractivity contribution in [2.75, 3.05) is 0 Å². The molecule has 0 atom stereocenters. The molecule has 7 heteroatoms. The number of pyridine rings is 2. The van der Waals surface area contributed by atoms with Gasteiger partial charge < -0.3 is 4.74 Å². The molecular formula is C16H14N4O2S. The number of thioether (sulfide) groups is 1. The first-order valence-corrected chi connectivity index (χ1v) is 8.35. The van der Waals surface area contributed by atoms with E-state index in [1.165, 1.54) is 4.68 Å². The predicted octanol–water partition coefficient (Wildman–Crippen LogP) is 2.28. The lowest BCUT2D eigenvalue weighted by molar-refractivity contribution is 0.305. The third-order valence-electron chi connectivity index (χ3n) is 3.64. The quantitative estimate of drug-likeness (QED) is 0.796. The van der Waals surface area contributed by atoms with Crippen LogP contribution in [0.3, 0.4) is 0 Å². The standard InChI is InChI=1S/C16H14N4O2S/c21-16-13-9-23-10-14(13)19-20(16)15-6-12(3-5-18-15)22-8-11-2-1-4-17-7-11/h1-7,19H,8-10H2. The minimum absolute atomic E-state index is 0.0260. The largest absolute Gasteiger partial charge is 0.489 e. The summed E-state index contributed by atoms with van der Waals surface area (Å²) in [6.07, 6.45) is 5.13. The maximum atomic E-state index is 12.4. The zero-order valence-electron chi connectivity index (χ0n) is 12.2. The summed E-state index contributed by atoms with van der Waals surface area (Å²) in [7, 11) is 0. The third-order valence-corrected chi connectivity index (χ3v) is 4.63. The predicted molar refractivity (Wildman–Crippen MR) is 87.8 cm³/mol. The van der Waals surface area contributed by atoms with Crippen LogP contribution in [0.4, 0.5) is 0 Å². The minimum atomic E-state index is -0.0260. The number of nitrogens with zero attached hydrogens (tertiary/aromatic N) is 3. The highest BCUT2D eigenvalue weighted by atomic mass is 32.2. The number of aromatic amines is 1. The monoisotopic (exact) mass is 326 g/mol. The number of ether oxygens (including phenoxy) is 1. The van der Waals surface area contributed by atoms with E-state index in [0.717, 1.165) is 28.3 Å². The molecule has 4 rings (SSSR count). The summed E-state index contributed by atoms with van der Waals surface area (Å²) in [6.45, 7) is 0.421. The molecule has 1 aliphatic rings. The molecule has 0 radical (unpaired) electrons. The van der Waals surface area contributed by atoms with Gasteiger partial charge in [0.2, 0.25) is 0 Å². The second-order valence-corrected chi connectivity index (χ2v) is 6.19. The van der Waals surface area contributed by atoms with Gasteiger partial charge in [0, 0.05) is 41.7 Å². The lowest BCUT2D eigenvalue weighted by Crippen LogP contribution is -2.18. The van der Waals surface area contributed by atoms with Crippen LogP contribution < -0.4 is 10.3 Å². The van der Waals surface area contributed by atoms with E-state index in [-0.39, 0.29) is 5.56 Å². The summed E-state index contributed by atoms with van der Waals surface area (Å²) in [4.78, 5) is 20.7. The SMILES string of the molecule is O=c1c2c([nH]n1-c1cc(OCc3cccnc3)ccn1)CSC2. The van der Waals surface area contributed by atoms with Crippen molar-refractivity contribution in [3.63, 3.8) is 0 Å². The van der Waals surface area contributed by atoms with Crippen molar-refractivity contribution in [3.8, 4) is 11.6 Å². The zero-order valence-corrected chi connectivity index (χ0v) is 13.0. The van der Waals surface area contributed by atoms with E-state index in [2.05, 4.69) is 15.1 Å². The number of H-pyrrole nitrogens is 1. The minimum Gasteiger partial charge on any atom is -0.489 e. The molecule has 0 spiro atoms. The maximum Gasteiger partial charge on any atom is 0.276 e. The molecule has 3 aromatic rings. The van der Waals surface area contributed by atoms with Gasteiger partial charge in [0.05, 0.1) is 11.3 Å². The summed E-state index contributed by atoms with van der Waals surface area (Å²) in [5.74, 6) is 2.80. The van der Waals surface area contributed by atoms with E-state index in [9.17, 15) is 4.79 Å². The molecule has 0 amide bonds. The smallest absolute Gasteiger partial charge is 0.276 e. The molecule has 0 aliphatic carbocycles. The van der Waals surface area contributed by atoms with Crippen LogP contribution in [0.1, 0.15) is 16.8 Å². The molecule has 6 nitrogen and oxygen atoms in total. The highest BCUT2D eigenvalue weighted by Crippen LogP contribution is 2.26. The fourth-order valence-corrected chi connectivity index (χ4v) is 3.51. The van der Waals surface area contributed by atoms with E-state index in [0.29, 0.717) is 18.2 Å². The van der Waals surface area contributed by atoms with Crippen LogP contribution in [0.25, 0.3) is 5.82 Å². The van der Waals surface area contributed by atoms with Crippen molar-refractivity contribution >= 4 is 11.8 Å². The van der Waals surface area contributed by atoms with Crippen LogP contribution in [0, 0.1) is 0 Å². The molecule has 23 heavy (non-hydrogen) atoms. The highest BCUT2D eigenvalue weighted by Gasteiger charge is 2.20. The van der Waals surface area contributed by atoms with Gasteiger partial charge >= 0.3 is 0 Å². The number of hydrogen-bond acceptors (Lipinski definition) is 5. The highest BCUT2D eigenvalue weighted by molar-refractivity contribution is 7.98. The molecule has 116 valence electrons. The molecule has 0 unspecified atom stereocenters. The van der Waals surface area contributed by atoms with Crippen molar-refractivity contribution in [3.05, 3.63) is 70.0 Å². The van der Waals surface area contributed by atoms with Gasteiger partial charge in [-0.3, -0.25) is 14.9 Å². The summed E-state index contributed by atoms with van der Waals surface area (Å²) in [6, 6.07) is 7.36. The van der Waals surface area contributed by atoms with Gasteiger partial charge in [-0.25, -0.2) is 9.67 Å². The molecule has 1 aliphatic heterocycles.